The lowest BCUT2D eigenvalue weighted by Gasteiger charge is -2.07. The van der Waals surface area contributed by atoms with Gasteiger partial charge in [0.2, 0.25) is 0 Å². The highest BCUT2D eigenvalue weighted by Gasteiger charge is 2.25. The molecule has 1 heterocycles. The summed E-state index contributed by atoms with van der Waals surface area (Å²) in [6.07, 6.45) is -1.80. The number of nitrogens with two attached hydrogens (primary N) is 1. The smallest absolute Gasteiger partial charge is 0.280 e. The van der Waals surface area contributed by atoms with Gasteiger partial charge in [0.25, 0.3) is 12.1 Å². The first-order valence-corrected chi connectivity index (χ1v) is 4.10. The van der Waals surface area contributed by atoms with Crippen LogP contribution in [0.1, 0.15) is 23.2 Å². The minimum atomic E-state index is -2.86. The van der Waals surface area contributed by atoms with Crippen molar-refractivity contribution in [3.8, 4) is 0 Å². The van der Waals surface area contributed by atoms with Crippen LogP contribution >= 0.6 is 0 Å². The van der Waals surface area contributed by atoms with E-state index in [9.17, 15) is 18.9 Å². The fourth-order valence-electron chi connectivity index (χ4n) is 1.31. The standard InChI is InChI=1S/C8H9F2N3O2/c1-4-3-12-6(8(9)10)5(2-11)7(4)13(14)15/h3,8H,2,11H2,1H3. The number of hydrogen-bond donors (Lipinski definition) is 1. The fourth-order valence-corrected chi connectivity index (χ4v) is 1.31. The summed E-state index contributed by atoms with van der Waals surface area (Å²) in [5.41, 5.74) is 4.26. The summed E-state index contributed by atoms with van der Waals surface area (Å²) >= 11 is 0. The van der Waals surface area contributed by atoms with Gasteiger partial charge in [-0.2, -0.15) is 0 Å². The van der Waals surface area contributed by atoms with Crippen LogP contribution in [0.4, 0.5) is 14.5 Å². The lowest BCUT2D eigenvalue weighted by atomic mass is 10.1. The second-order valence-corrected chi connectivity index (χ2v) is 2.92. The van der Waals surface area contributed by atoms with Crippen LogP contribution in [-0.2, 0) is 6.54 Å². The molecule has 0 fully saturated rings. The van der Waals surface area contributed by atoms with Crippen molar-refractivity contribution in [3.63, 3.8) is 0 Å². The summed E-state index contributed by atoms with van der Waals surface area (Å²) in [6.45, 7) is 1.10. The molecule has 0 aliphatic carbocycles. The third kappa shape index (κ3) is 2.07. The lowest BCUT2D eigenvalue weighted by Crippen LogP contribution is -2.09. The van der Waals surface area contributed by atoms with Crippen molar-refractivity contribution in [1.29, 1.82) is 0 Å². The molecule has 7 heteroatoms. The molecule has 15 heavy (non-hydrogen) atoms. The Bertz CT molecular complexity index is 396. The summed E-state index contributed by atoms with van der Waals surface area (Å²) in [5, 5.41) is 10.7. The first kappa shape index (κ1) is 11.4. The van der Waals surface area contributed by atoms with Gasteiger partial charge in [-0.25, -0.2) is 8.78 Å². The highest BCUT2D eigenvalue weighted by Crippen LogP contribution is 2.29. The number of nitrogens with zero attached hydrogens (tertiary/aromatic N) is 2. The van der Waals surface area contributed by atoms with Crippen molar-refractivity contribution in [3.05, 3.63) is 33.1 Å². The lowest BCUT2D eigenvalue weighted by molar-refractivity contribution is -0.386. The SMILES string of the molecule is Cc1cnc(C(F)F)c(CN)c1[N+](=O)[O-]. The first-order valence-electron chi connectivity index (χ1n) is 4.10. The van der Waals surface area contributed by atoms with E-state index in [1.807, 2.05) is 0 Å². The highest BCUT2D eigenvalue weighted by molar-refractivity contribution is 5.48. The van der Waals surface area contributed by atoms with Gasteiger partial charge in [0.1, 0.15) is 5.69 Å². The predicted molar refractivity (Wildman–Crippen MR) is 48.5 cm³/mol. The molecular weight excluding hydrogens is 208 g/mol. The number of nitro groups is 1. The maximum absolute atomic E-state index is 12.4. The van der Waals surface area contributed by atoms with Crippen LogP contribution < -0.4 is 5.73 Å². The largest absolute Gasteiger partial charge is 0.326 e. The van der Waals surface area contributed by atoms with Crippen molar-refractivity contribution >= 4 is 5.69 Å². The molecule has 0 saturated heterocycles. The summed E-state index contributed by atoms with van der Waals surface area (Å²) in [6, 6.07) is 0. The Labute approximate surface area is 84.1 Å². The molecular formula is C8H9F2N3O2. The van der Waals surface area contributed by atoms with E-state index in [-0.39, 0.29) is 23.4 Å². The van der Waals surface area contributed by atoms with Gasteiger partial charge in [0.05, 0.1) is 10.5 Å². The Morgan fingerprint density at radius 1 is 1.67 bits per heavy atom. The number of halogens is 2. The number of aromatic nitrogens is 1. The minimum Gasteiger partial charge on any atom is -0.326 e. The van der Waals surface area contributed by atoms with E-state index in [1.54, 1.807) is 0 Å². The van der Waals surface area contributed by atoms with Gasteiger partial charge in [-0.05, 0) is 6.92 Å². The van der Waals surface area contributed by atoms with E-state index in [0.29, 0.717) is 0 Å². The Morgan fingerprint density at radius 3 is 2.67 bits per heavy atom. The quantitative estimate of drug-likeness (QED) is 0.617. The molecule has 0 aliphatic heterocycles. The van der Waals surface area contributed by atoms with Crippen LogP contribution in [0.25, 0.3) is 0 Å². The van der Waals surface area contributed by atoms with Gasteiger partial charge in [-0.3, -0.25) is 15.1 Å². The monoisotopic (exact) mass is 217 g/mol. The second-order valence-electron chi connectivity index (χ2n) is 2.92. The van der Waals surface area contributed by atoms with E-state index in [4.69, 9.17) is 5.73 Å². The van der Waals surface area contributed by atoms with Crippen LogP contribution in [0.3, 0.4) is 0 Å². The van der Waals surface area contributed by atoms with E-state index >= 15 is 0 Å². The summed E-state index contributed by atoms with van der Waals surface area (Å²) < 4.78 is 24.9. The van der Waals surface area contributed by atoms with Crippen molar-refractivity contribution in [2.24, 2.45) is 5.73 Å². The van der Waals surface area contributed by atoms with Gasteiger partial charge in [0, 0.05) is 18.3 Å². The van der Waals surface area contributed by atoms with Crippen LogP contribution in [0.15, 0.2) is 6.20 Å². The molecule has 0 saturated carbocycles. The summed E-state index contributed by atoms with van der Waals surface area (Å²) in [4.78, 5) is 13.4. The zero-order chi connectivity index (χ0) is 11.6. The topological polar surface area (TPSA) is 82.0 Å². The minimum absolute atomic E-state index is 0.199. The van der Waals surface area contributed by atoms with Crippen molar-refractivity contribution in [2.45, 2.75) is 19.9 Å². The van der Waals surface area contributed by atoms with Gasteiger partial charge < -0.3 is 5.73 Å². The molecule has 5 nitrogen and oxygen atoms in total. The van der Waals surface area contributed by atoms with E-state index in [1.165, 1.54) is 6.92 Å². The number of pyridine rings is 1. The Morgan fingerprint density at radius 2 is 2.27 bits per heavy atom. The van der Waals surface area contributed by atoms with Crippen molar-refractivity contribution < 1.29 is 13.7 Å². The molecule has 1 rings (SSSR count). The summed E-state index contributed by atoms with van der Waals surface area (Å²) in [5.74, 6) is 0. The van der Waals surface area contributed by atoms with Crippen LogP contribution in [-0.4, -0.2) is 9.91 Å². The van der Waals surface area contributed by atoms with E-state index in [0.717, 1.165) is 6.20 Å². The van der Waals surface area contributed by atoms with Crippen LogP contribution in [0.5, 0.6) is 0 Å². The zero-order valence-corrected chi connectivity index (χ0v) is 7.91. The molecule has 82 valence electrons. The number of aryl methyl sites for hydroxylation is 1. The molecule has 0 aromatic carbocycles. The average Bonchev–Trinajstić information content (AvgIpc) is 2.15. The van der Waals surface area contributed by atoms with Gasteiger partial charge in [-0.15, -0.1) is 0 Å². The van der Waals surface area contributed by atoms with Crippen LogP contribution in [0, 0.1) is 17.0 Å². The second kappa shape index (κ2) is 4.26. The third-order valence-electron chi connectivity index (χ3n) is 1.96. The molecule has 0 amide bonds. The maximum atomic E-state index is 12.4. The Hall–Kier alpha value is -1.63. The third-order valence-corrected chi connectivity index (χ3v) is 1.96. The maximum Gasteiger partial charge on any atom is 0.280 e. The number of alkyl halides is 2. The zero-order valence-electron chi connectivity index (χ0n) is 7.91. The molecule has 1 aromatic heterocycles. The number of rotatable bonds is 3. The first-order chi connectivity index (χ1) is 6.99. The molecule has 1 aromatic rings. The van der Waals surface area contributed by atoms with Gasteiger partial charge in [0.15, 0.2) is 0 Å². The van der Waals surface area contributed by atoms with Gasteiger partial charge in [-0.1, -0.05) is 0 Å². The molecule has 0 bridgehead atoms. The predicted octanol–water partition coefficient (Wildman–Crippen LogP) is 1.69. The highest BCUT2D eigenvalue weighted by atomic mass is 19.3. The Balaban J connectivity index is 3.47. The molecule has 0 atom stereocenters. The molecule has 0 spiro atoms. The van der Waals surface area contributed by atoms with E-state index in [2.05, 4.69) is 4.98 Å². The normalized spacial score (nSPS) is 10.7. The molecule has 2 N–H and O–H groups in total. The van der Waals surface area contributed by atoms with Gasteiger partial charge >= 0.3 is 0 Å². The average molecular weight is 217 g/mol. The van der Waals surface area contributed by atoms with Crippen molar-refractivity contribution in [1.82, 2.24) is 4.98 Å². The molecule has 0 aliphatic rings. The van der Waals surface area contributed by atoms with E-state index < -0.39 is 17.0 Å². The molecule has 0 radical (unpaired) electrons. The van der Waals surface area contributed by atoms with Crippen molar-refractivity contribution in [2.75, 3.05) is 0 Å². The fraction of sp³-hybridized carbons (Fsp3) is 0.375. The Kier molecular flexibility index (Phi) is 3.25. The summed E-state index contributed by atoms with van der Waals surface area (Å²) in [7, 11) is 0. The molecule has 0 unspecified atom stereocenters. The van der Waals surface area contributed by atoms with Crippen LogP contribution in [0.2, 0.25) is 0 Å². The number of hydrogen-bond acceptors (Lipinski definition) is 4.